The van der Waals surface area contributed by atoms with E-state index in [0.29, 0.717) is 25.1 Å². The Bertz CT molecular complexity index is 871. The minimum atomic E-state index is -1.17. The van der Waals surface area contributed by atoms with Crippen molar-refractivity contribution >= 4 is 41.5 Å². The minimum Gasteiger partial charge on any atom is -0.371 e. The molecule has 1 aromatic rings. The van der Waals surface area contributed by atoms with Crippen molar-refractivity contribution < 1.29 is 33.2 Å². The van der Waals surface area contributed by atoms with E-state index in [1.54, 1.807) is 26.2 Å². The quantitative estimate of drug-likeness (QED) is 0.233. The number of aldehydes is 1. The van der Waals surface area contributed by atoms with Crippen molar-refractivity contribution in [3.05, 3.63) is 11.8 Å². The topological polar surface area (TPSA) is 152 Å². The van der Waals surface area contributed by atoms with Crippen LogP contribution in [0.1, 0.15) is 33.0 Å². The molecule has 0 bridgehead atoms. The highest BCUT2D eigenvalue weighted by atomic mass is 32.2. The summed E-state index contributed by atoms with van der Waals surface area (Å²) in [6.07, 6.45) is 1.58. The number of Topliss-reactive ketones (excluding diaryl/α,β-unsaturated/α-hetero) is 1. The molecule has 190 valence electrons. The molecular formula is C22H34N4O7S. The summed E-state index contributed by atoms with van der Waals surface area (Å²) in [5.74, 6) is -0.171. The third kappa shape index (κ3) is 7.54. The van der Waals surface area contributed by atoms with Crippen molar-refractivity contribution in [3.8, 4) is 0 Å². The Balaban J connectivity index is 2.16. The van der Waals surface area contributed by atoms with Crippen molar-refractivity contribution in [3.63, 3.8) is 0 Å². The number of methoxy groups -OCH3 is 1. The van der Waals surface area contributed by atoms with Gasteiger partial charge in [-0.3, -0.25) is 14.4 Å². The lowest BCUT2D eigenvalue weighted by Crippen LogP contribution is -2.58. The molecular weight excluding hydrogens is 464 g/mol. The number of thioether (sulfide) groups is 1. The van der Waals surface area contributed by atoms with Crippen LogP contribution in [0.5, 0.6) is 0 Å². The molecule has 2 heterocycles. The van der Waals surface area contributed by atoms with Gasteiger partial charge in [-0.1, -0.05) is 19.0 Å². The van der Waals surface area contributed by atoms with Crippen LogP contribution < -0.4 is 16.0 Å². The van der Waals surface area contributed by atoms with E-state index in [1.165, 1.54) is 18.9 Å². The van der Waals surface area contributed by atoms with Crippen LogP contribution in [-0.2, 0) is 28.7 Å². The molecule has 1 aromatic heterocycles. The smallest absolute Gasteiger partial charge is 0.246 e. The first kappa shape index (κ1) is 27.8. The van der Waals surface area contributed by atoms with Crippen molar-refractivity contribution in [1.82, 2.24) is 15.8 Å². The number of amides is 2. The summed E-state index contributed by atoms with van der Waals surface area (Å²) in [5, 5.41) is 12.1. The third-order valence-corrected chi connectivity index (χ3v) is 6.02. The number of hydrogen-bond acceptors (Lipinski definition) is 10. The fourth-order valence-corrected chi connectivity index (χ4v) is 3.93. The molecule has 0 aliphatic carbocycles. The highest BCUT2D eigenvalue weighted by Gasteiger charge is 2.50. The number of aryl methyl sites for hydroxylation is 1. The molecule has 1 aliphatic rings. The second-order valence-electron chi connectivity index (χ2n) is 8.87. The van der Waals surface area contributed by atoms with E-state index in [0.717, 1.165) is 0 Å². The van der Waals surface area contributed by atoms with Crippen LogP contribution in [0.2, 0.25) is 0 Å². The van der Waals surface area contributed by atoms with Gasteiger partial charge in [-0.15, -0.1) is 0 Å². The van der Waals surface area contributed by atoms with E-state index in [9.17, 15) is 19.2 Å². The van der Waals surface area contributed by atoms with E-state index >= 15 is 0 Å². The Hall–Kier alpha value is -2.44. The zero-order valence-corrected chi connectivity index (χ0v) is 21.2. The van der Waals surface area contributed by atoms with Crippen LogP contribution in [0.3, 0.4) is 0 Å². The summed E-state index contributed by atoms with van der Waals surface area (Å²) in [4.78, 5) is 50.6. The average Bonchev–Trinajstić information content (AvgIpc) is 3.40. The van der Waals surface area contributed by atoms with Crippen molar-refractivity contribution in [2.75, 3.05) is 31.0 Å². The third-order valence-electron chi connectivity index (χ3n) is 5.35. The number of rotatable bonds is 15. The molecule has 3 N–H and O–H groups in total. The molecule has 2 amide bonds. The summed E-state index contributed by atoms with van der Waals surface area (Å²) in [6.45, 7) is 7.61. The lowest BCUT2D eigenvalue weighted by Gasteiger charge is -2.27. The minimum absolute atomic E-state index is 0.153. The SMILES string of the molecule is COC(C=O)[C@H](Nc1cc(C)on1)C(=O)N[C@@H](CSC)C(=O)N[C@@H](CC(C)C)C(=O)C1(C)CO1. The van der Waals surface area contributed by atoms with Gasteiger partial charge >= 0.3 is 0 Å². The number of epoxide rings is 1. The van der Waals surface area contributed by atoms with E-state index in [4.69, 9.17) is 14.0 Å². The van der Waals surface area contributed by atoms with Gasteiger partial charge in [0.1, 0.15) is 29.5 Å². The molecule has 12 heteroatoms. The predicted octanol–water partition coefficient (Wildman–Crippen LogP) is 0.714. The molecule has 0 saturated carbocycles. The van der Waals surface area contributed by atoms with Crippen LogP contribution in [0, 0.1) is 12.8 Å². The summed E-state index contributed by atoms with van der Waals surface area (Å²) >= 11 is 1.35. The first-order valence-corrected chi connectivity index (χ1v) is 12.4. The summed E-state index contributed by atoms with van der Waals surface area (Å²) in [7, 11) is 1.30. The molecule has 11 nitrogen and oxygen atoms in total. The number of aromatic nitrogens is 1. The number of carbonyl (C=O) groups is 4. The van der Waals surface area contributed by atoms with Crippen molar-refractivity contribution in [2.45, 2.75) is 63.9 Å². The zero-order chi connectivity index (χ0) is 25.5. The maximum absolute atomic E-state index is 13.1. The Morgan fingerprint density at radius 2 is 1.91 bits per heavy atom. The number of nitrogens with zero attached hydrogens (tertiary/aromatic N) is 1. The second kappa shape index (κ2) is 12.3. The Morgan fingerprint density at radius 3 is 2.38 bits per heavy atom. The molecule has 34 heavy (non-hydrogen) atoms. The van der Waals surface area contributed by atoms with Crippen LogP contribution in [0.15, 0.2) is 10.6 Å². The molecule has 0 radical (unpaired) electrons. The summed E-state index contributed by atoms with van der Waals surface area (Å²) < 4.78 is 15.4. The first-order chi connectivity index (χ1) is 16.0. The number of carbonyl (C=O) groups excluding carboxylic acids is 4. The second-order valence-corrected chi connectivity index (χ2v) is 9.78. The van der Waals surface area contributed by atoms with E-state index in [-0.39, 0.29) is 23.3 Å². The number of anilines is 1. The zero-order valence-electron chi connectivity index (χ0n) is 20.4. The molecule has 2 unspecified atom stereocenters. The predicted molar refractivity (Wildman–Crippen MR) is 127 cm³/mol. The number of ketones is 1. The van der Waals surface area contributed by atoms with Crippen molar-refractivity contribution in [1.29, 1.82) is 0 Å². The van der Waals surface area contributed by atoms with Crippen LogP contribution in [-0.4, -0.2) is 84.6 Å². The molecule has 2 rings (SSSR count). The van der Waals surface area contributed by atoms with Crippen molar-refractivity contribution in [2.24, 2.45) is 5.92 Å². The molecule has 1 fully saturated rings. The fraction of sp³-hybridized carbons (Fsp3) is 0.682. The van der Waals surface area contributed by atoms with Gasteiger partial charge in [0.15, 0.2) is 17.9 Å². The van der Waals surface area contributed by atoms with Crippen LogP contribution in [0.25, 0.3) is 0 Å². The van der Waals surface area contributed by atoms with Gasteiger partial charge in [0.25, 0.3) is 0 Å². The maximum Gasteiger partial charge on any atom is 0.246 e. The van der Waals surface area contributed by atoms with Gasteiger partial charge in [-0.2, -0.15) is 11.8 Å². The first-order valence-electron chi connectivity index (χ1n) is 11.0. The Morgan fingerprint density at radius 1 is 1.26 bits per heavy atom. The van der Waals surface area contributed by atoms with E-state index < -0.39 is 41.6 Å². The van der Waals surface area contributed by atoms with Gasteiger partial charge in [-0.05, 0) is 32.4 Å². The lowest BCUT2D eigenvalue weighted by molar-refractivity contribution is -0.134. The normalized spacial score (nSPS) is 20.7. The standard InChI is InChI=1S/C22H34N4O7S/c1-12(2)7-14(19(28)22(4)11-32-22)23-20(29)15(10-34-6)24-21(30)18(16(9-27)31-5)25-17-8-13(3)33-26-17/h8-9,12,14-16,18H,7,10-11H2,1-6H3,(H,23,29)(H,24,30)(H,25,26)/t14-,15-,16?,18-,22?/m0/s1. The Labute approximate surface area is 203 Å². The maximum atomic E-state index is 13.1. The van der Waals surface area contributed by atoms with Crippen LogP contribution in [0.4, 0.5) is 5.82 Å². The van der Waals surface area contributed by atoms with Gasteiger partial charge in [-0.25, -0.2) is 0 Å². The van der Waals surface area contributed by atoms with Crippen LogP contribution >= 0.6 is 11.8 Å². The van der Waals surface area contributed by atoms with Gasteiger partial charge in [0.05, 0.1) is 12.6 Å². The number of hydrogen-bond donors (Lipinski definition) is 3. The highest BCUT2D eigenvalue weighted by molar-refractivity contribution is 7.98. The summed E-state index contributed by atoms with van der Waals surface area (Å²) in [6, 6.07) is -1.30. The van der Waals surface area contributed by atoms with Gasteiger partial charge < -0.3 is 34.7 Å². The molecule has 0 spiro atoms. The lowest BCUT2D eigenvalue weighted by atomic mass is 9.93. The molecule has 0 aromatic carbocycles. The molecule has 1 aliphatic heterocycles. The van der Waals surface area contributed by atoms with E-state index in [1.807, 2.05) is 13.8 Å². The van der Waals surface area contributed by atoms with Gasteiger partial charge in [0.2, 0.25) is 11.8 Å². The monoisotopic (exact) mass is 498 g/mol. The number of ether oxygens (including phenoxy) is 2. The van der Waals surface area contributed by atoms with Gasteiger partial charge in [0, 0.05) is 18.9 Å². The number of nitrogens with one attached hydrogen (secondary N) is 3. The highest BCUT2D eigenvalue weighted by Crippen LogP contribution is 2.29. The summed E-state index contributed by atoms with van der Waals surface area (Å²) in [5.41, 5.74) is -0.883. The van der Waals surface area contributed by atoms with E-state index in [2.05, 4.69) is 21.1 Å². The average molecular weight is 499 g/mol. The molecule has 1 saturated heterocycles. The molecule has 5 atom stereocenters. The largest absolute Gasteiger partial charge is 0.371 e. The fourth-order valence-electron chi connectivity index (χ4n) is 3.37. The Kier molecular flexibility index (Phi) is 10.1.